The number of hydrogen-bond donors (Lipinski definition) is 2. The van der Waals surface area contributed by atoms with Gasteiger partial charge < -0.3 is 10.4 Å². The quantitative estimate of drug-likeness (QED) is 0.860. The van der Waals surface area contributed by atoms with Gasteiger partial charge in [-0.1, -0.05) is 0 Å². The largest absolute Gasteiger partial charge is 0.479 e. The van der Waals surface area contributed by atoms with Crippen LogP contribution in [-0.4, -0.2) is 25.8 Å². The summed E-state index contributed by atoms with van der Waals surface area (Å²) in [5.41, 5.74) is 1.47. The molecule has 0 fully saturated rings. The van der Waals surface area contributed by atoms with Gasteiger partial charge in [-0.25, -0.2) is 9.78 Å². The standard InChI is InChI=1S/C10H12N4O2S/c1-6-5-17-10(12-6)13-8(9(15)16)7-3-11-14(2)4-7/h3-5,8H,1-2H3,(H,12,13)(H,15,16). The molecule has 2 rings (SSSR count). The molecule has 7 heteroatoms. The summed E-state index contributed by atoms with van der Waals surface area (Å²) in [6.07, 6.45) is 3.21. The van der Waals surface area contributed by atoms with E-state index in [2.05, 4.69) is 15.4 Å². The molecule has 2 heterocycles. The highest BCUT2D eigenvalue weighted by molar-refractivity contribution is 7.13. The number of anilines is 1. The molecule has 2 N–H and O–H groups in total. The van der Waals surface area contributed by atoms with E-state index in [0.717, 1.165) is 5.69 Å². The van der Waals surface area contributed by atoms with Gasteiger partial charge in [0.1, 0.15) is 0 Å². The minimum Gasteiger partial charge on any atom is -0.479 e. The lowest BCUT2D eigenvalue weighted by Gasteiger charge is -2.11. The zero-order chi connectivity index (χ0) is 12.4. The van der Waals surface area contributed by atoms with Gasteiger partial charge in [0.2, 0.25) is 0 Å². The lowest BCUT2D eigenvalue weighted by atomic mass is 10.2. The molecule has 17 heavy (non-hydrogen) atoms. The van der Waals surface area contributed by atoms with Gasteiger partial charge in [-0.3, -0.25) is 4.68 Å². The zero-order valence-corrected chi connectivity index (χ0v) is 10.2. The van der Waals surface area contributed by atoms with Crippen molar-refractivity contribution >= 4 is 22.4 Å². The van der Waals surface area contributed by atoms with Crippen LogP contribution >= 0.6 is 11.3 Å². The van der Waals surface area contributed by atoms with Crippen molar-refractivity contribution in [3.8, 4) is 0 Å². The first-order valence-corrected chi connectivity index (χ1v) is 5.84. The van der Waals surface area contributed by atoms with Gasteiger partial charge in [-0.15, -0.1) is 11.3 Å². The minimum atomic E-state index is -0.953. The van der Waals surface area contributed by atoms with E-state index in [1.165, 1.54) is 17.5 Å². The summed E-state index contributed by atoms with van der Waals surface area (Å²) in [4.78, 5) is 15.4. The maximum absolute atomic E-state index is 11.2. The Morgan fingerprint density at radius 3 is 2.88 bits per heavy atom. The fourth-order valence-corrected chi connectivity index (χ4v) is 2.14. The summed E-state index contributed by atoms with van der Waals surface area (Å²) in [5, 5.41) is 18.5. The van der Waals surface area contributed by atoms with Crippen LogP contribution in [0.15, 0.2) is 17.8 Å². The van der Waals surface area contributed by atoms with Crippen molar-refractivity contribution in [2.24, 2.45) is 7.05 Å². The summed E-state index contributed by atoms with van der Waals surface area (Å²) < 4.78 is 1.57. The van der Waals surface area contributed by atoms with Crippen molar-refractivity contribution in [3.63, 3.8) is 0 Å². The third kappa shape index (κ3) is 2.62. The summed E-state index contributed by atoms with van der Waals surface area (Å²) in [5.74, 6) is -0.953. The van der Waals surface area contributed by atoms with Crippen molar-refractivity contribution in [2.75, 3.05) is 5.32 Å². The van der Waals surface area contributed by atoms with Crippen LogP contribution in [0.5, 0.6) is 0 Å². The molecule has 0 bridgehead atoms. The molecule has 6 nitrogen and oxygen atoms in total. The average molecular weight is 252 g/mol. The zero-order valence-electron chi connectivity index (χ0n) is 9.41. The molecule has 2 aromatic rings. The van der Waals surface area contributed by atoms with Gasteiger partial charge in [-0.05, 0) is 6.92 Å². The number of carboxylic acids is 1. The maximum atomic E-state index is 11.2. The molecule has 0 radical (unpaired) electrons. The molecule has 1 unspecified atom stereocenters. The molecule has 0 aliphatic carbocycles. The number of aromatic nitrogens is 3. The second kappa shape index (κ2) is 4.54. The molecule has 90 valence electrons. The molecule has 1 atom stereocenters. The number of nitrogens with one attached hydrogen (secondary N) is 1. The molecule has 0 amide bonds. The number of nitrogens with zero attached hydrogens (tertiary/aromatic N) is 3. The fraction of sp³-hybridized carbons (Fsp3) is 0.300. The van der Waals surface area contributed by atoms with Crippen molar-refractivity contribution in [1.29, 1.82) is 0 Å². The summed E-state index contributed by atoms with van der Waals surface area (Å²) >= 11 is 1.38. The monoisotopic (exact) mass is 252 g/mol. The summed E-state index contributed by atoms with van der Waals surface area (Å²) in [6, 6.07) is -0.825. The second-order valence-corrected chi connectivity index (χ2v) is 4.52. The number of carbonyl (C=O) groups is 1. The molecule has 0 aromatic carbocycles. The predicted molar refractivity (Wildman–Crippen MR) is 64.1 cm³/mol. The average Bonchev–Trinajstić information content (AvgIpc) is 2.83. The van der Waals surface area contributed by atoms with Gasteiger partial charge in [0.25, 0.3) is 0 Å². The third-order valence-corrected chi connectivity index (χ3v) is 3.08. The Bertz CT molecular complexity index is 534. The van der Waals surface area contributed by atoms with Crippen LogP contribution in [0.4, 0.5) is 5.13 Å². The van der Waals surface area contributed by atoms with Crippen LogP contribution in [0, 0.1) is 6.92 Å². The van der Waals surface area contributed by atoms with Crippen LogP contribution in [0.2, 0.25) is 0 Å². The Morgan fingerprint density at radius 1 is 1.65 bits per heavy atom. The molecule has 0 spiro atoms. The Hall–Kier alpha value is -1.89. The smallest absolute Gasteiger partial charge is 0.331 e. The number of aliphatic carboxylic acids is 1. The first kappa shape index (κ1) is 11.6. The van der Waals surface area contributed by atoms with Crippen molar-refractivity contribution in [3.05, 3.63) is 29.0 Å². The Morgan fingerprint density at radius 2 is 2.41 bits per heavy atom. The van der Waals surface area contributed by atoms with Gasteiger partial charge in [-0.2, -0.15) is 5.10 Å². The maximum Gasteiger partial charge on any atom is 0.331 e. The van der Waals surface area contributed by atoms with E-state index in [0.29, 0.717) is 10.7 Å². The highest BCUT2D eigenvalue weighted by atomic mass is 32.1. The molecular formula is C10H12N4O2S. The molecule has 2 aromatic heterocycles. The van der Waals surface area contributed by atoms with Gasteiger partial charge in [0, 0.05) is 24.2 Å². The Balaban J connectivity index is 2.21. The molecule has 0 aliphatic heterocycles. The number of aryl methyl sites for hydroxylation is 2. The molecular weight excluding hydrogens is 240 g/mol. The van der Waals surface area contributed by atoms with Crippen LogP contribution < -0.4 is 5.32 Å². The SMILES string of the molecule is Cc1csc(NC(C(=O)O)c2cnn(C)c2)n1. The molecule has 0 aliphatic rings. The van der Waals surface area contributed by atoms with Gasteiger partial charge in [0.15, 0.2) is 11.2 Å². The van der Waals surface area contributed by atoms with Crippen molar-refractivity contribution in [1.82, 2.24) is 14.8 Å². The first-order valence-electron chi connectivity index (χ1n) is 4.96. The van der Waals surface area contributed by atoms with E-state index in [-0.39, 0.29) is 0 Å². The number of hydrogen-bond acceptors (Lipinski definition) is 5. The van der Waals surface area contributed by atoms with Crippen LogP contribution in [0.1, 0.15) is 17.3 Å². The topological polar surface area (TPSA) is 80.0 Å². The van der Waals surface area contributed by atoms with Gasteiger partial charge >= 0.3 is 5.97 Å². The molecule has 0 saturated heterocycles. The van der Waals surface area contributed by atoms with Crippen LogP contribution in [0.25, 0.3) is 0 Å². The van der Waals surface area contributed by atoms with E-state index >= 15 is 0 Å². The van der Waals surface area contributed by atoms with E-state index in [9.17, 15) is 9.90 Å². The molecule has 0 saturated carbocycles. The fourth-order valence-electron chi connectivity index (χ4n) is 1.42. The van der Waals surface area contributed by atoms with Crippen molar-refractivity contribution < 1.29 is 9.90 Å². The second-order valence-electron chi connectivity index (χ2n) is 3.66. The first-order chi connectivity index (χ1) is 8.06. The van der Waals surface area contributed by atoms with E-state index in [1.807, 2.05) is 12.3 Å². The lowest BCUT2D eigenvalue weighted by Crippen LogP contribution is -2.20. The Labute approximate surface area is 102 Å². The summed E-state index contributed by atoms with van der Waals surface area (Å²) in [7, 11) is 1.75. The highest BCUT2D eigenvalue weighted by Gasteiger charge is 2.22. The van der Waals surface area contributed by atoms with Crippen molar-refractivity contribution in [2.45, 2.75) is 13.0 Å². The van der Waals surface area contributed by atoms with Gasteiger partial charge in [0.05, 0.1) is 11.9 Å². The van der Waals surface area contributed by atoms with Crippen LogP contribution in [0.3, 0.4) is 0 Å². The normalized spacial score (nSPS) is 12.4. The lowest BCUT2D eigenvalue weighted by molar-refractivity contribution is -0.138. The van der Waals surface area contributed by atoms with E-state index < -0.39 is 12.0 Å². The summed E-state index contributed by atoms with van der Waals surface area (Å²) in [6.45, 7) is 1.86. The third-order valence-electron chi connectivity index (χ3n) is 2.19. The number of rotatable bonds is 4. The van der Waals surface area contributed by atoms with E-state index in [4.69, 9.17) is 0 Å². The number of carboxylic acid groups (broad SMARTS) is 1. The van der Waals surface area contributed by atoms with Crippen LogP contribution in [-0.2, 0) is 11.8 Å². The van der Waals surface area contributed by atoms with E-state index in [1.54, 1.807) is 17.9 Å². The highest BCUT2D eigenvalue weighted by Crippen LogP contribution is 2.22. The minimum absolute atomic E-state index is 0.596. The predicted octanol–water partition coefficient (Wildman–Crippen LogP) is 1.42. The Kier molecular flexibility index (Phi) is 3.10. The number of thiazole rings is 1.